The Bertz CT molecular complexity index is 1140. The summed E-state index contributed by atoms with van der Waals surface area (Å²) in [6, 6.07) is 26.4. The predicted octanol–water partition coefficient (Wildman–Crippen LogP) is 5.94. The quantitative estimate of drug-likeness (QED) is 0.277. The highest BCUT2D eigenvalue weighted by atomic mass is 16.6. The minimum atomic E-state index is -0.523. The Balaban J connectivity index is 1.71. The van der Waals surface area contributed by atoms with Gasteiger partial charge < -0.3 is 10.1 Å². The molecule has 0 aliphatic rings. The average molecular weight is 426 g/mol. The van der Waals surface area contributed by atoms with E-state index in [0.29, 0.717) is 5.75 Å². The smallest absolute Gasteiger partial charge is 0.373 e. The van der Waals surface area contributed by atoms with E-state index in [0.717, 1.165) is 23.1 Å². The fraction of sp³-hybridized carbons (Fsp3) is 0.120. The van der Waals surface area contributed by atoms with Gasteiger partial charge in [-0.15, -0.1) is 0 Å². The molecular formula is C25H22N4O3. The summed E-state index contributed by atoms with van der Waals surface area (Å²) >= 11 is 0. The number of ether oxygens (including phenoxy) is 1. The van der Waals surface area contributed by atoms with Gasteiger partial charge >= 0.3 is 11.6 Å². The molecule has 0 aliphatic carbocycles. The maximum absolute atomic E-state index is 12.0. The lowest BCUT2D eigenvalue weighted by Crippen LogP contribution is -2.15. The first-order valence-corrected chi connectivity index (χ1v) is 10.3. The molecule has 1 aromatic heterocycles. The lowest BCUT2D eigenvalue weighted by atomic mass is 9.99. The Morgan fingerprint density at radius 1 is 0.906 bits per heavy atom. The van der Waals surface area contributed by atoms with Crippen LogP contribution in [0.25, 0.3) is 0 Å². The fourth-order valence-electron chi connectivity index (χ4n) is 3.40. The number of hydrogen-bond donors (Lipinski definition) is 1. The molecule has 3 aromatic carbocycles. The minimum absolute atomic E-state index is 0.0860. The molecule has 1 N–H and O–H groups in total. The highest BCUT2D eigenvalue weighted by Crippen LogP contribution is 2.37. The van der Waals surface area contributed by atoms with E-state index in [4.69, 9.17) is 4.74 Å². The number of anilines is 1. The van der Waals surface area contributed by atoms with Crippen molar-refractivity contribution in [3.63, 3.8) is 0 Å². The fourth-order valence-corrected chi connectivity index (χ4v) is 3.40. The second-order valence-corrected chi connectivity index (χ2v) is 7.13. The van der Waals surface area contributed by atoms with E-state index in [2.05, 4.69) is 22.2 Å². The summed E-state index contributed by atoms with van der Waals surface area (Å²) in [5.74, 6) is 0.442. The van der Waals surface area contributed by atoms with Crippen molar-refractivity contribution < 1.29 is 9.66 Å². The number of hydrogen-bond acceptors (Lipinski definition) is 6. The summed E-state index contributed by atoms with van der Waals surface area (Å²) in [5, 5.41) is 15.2. The topological polar surface area (TPSA) is 90.2 Å². The third-order valence-corrected chi connectivity index (χ3v) is 5.06. The van der Waals surface area contributed by atoms with Gasteiger partial charge in [-0.1, -0.05) is 79.7 Å². The van der Waals surface area contributed by atoms with Crippen LogP contribution >= 0.6 is 0 Å². The first-order chi connectivity index (χ1) is 15.7. The molecule has 4 rings (SSSR count). The highest BCUT2D eigenvalue weighted by Gasteiger charge is 2.27. The number of rotatable bonds is 8. The highest BCUT2D eigenvalue weighted by molar-refractivity contribution is 5.63. The molecule has 0 atom stereocenters. The van der Waals surface area contributed by atoms with Crippen LogP contribution in [0.3, 0.4) is 0 Å². The van der Waals surface area contributed by atoms with Gasteiger partial charge in [0.15, 0.2) is 0 Å². The molecule has 0 fully saturated rings. The molecule has 0 amide bonds. The minimum Gasteiger partial charge on any atom is -0.434 e. The molecule has 7 heteroatoms. The van der Waals surface area contributed by atoms with Crippen LogP contribution in [0, 0.1) is 10.1 Å². The molecule has 0 radical (unpaired) electrons. The SMILES string of the molecule is CCc1ccc(Oc2ncnc(NC(c3ccccc3)c3ccccc3)c2[N+](=O)[O-])cc1. The van der Waals surface area contributed by atoms with E-state index in [-0.39, 0.29) is 23.4 Å². The first kappa shape index (κ1) is 21.0. The Morgan fingerprint density at radius 2 is 1.50 bits per heavy atom. The predicted molar refractivity (Wildman–Crippen MR) is 123 cm³/mol. The van der Waals surface area contributed by atoms with Crippen molar-refractivity contribution in [1.82, 2.24) is 9.97 Å². The normalized spacial score (nSPS) is 10.7. The van der Waals surface area contributed by atoms with Crippen molar-refractivity contribution in [3.05, 3.63) is 118 Å². The molecule has 32 heavy (non-hydrogen) atoms. The van der Waals surface area contributed by atoms with Gasteiger partial charge in [0.25, 0.3) is 0 Å². The maximum atomic E-state index is 12.0. The van der Waals surface area contributed by atoms with Gasteiger partial charge in [-0.3, -0.25) is 10.1 Å². The molecule has 0 saturated carbocycles. The van der Waals surface area contributed by atoms with Crippen molar-refractivity contribution in [2.45, 2.75) is 19.4 Å². The summed E-state index contributed by atoms with van der Waals surface area (Å²) < 4.78 is 5.77. The molecule has 0 saturated heterocycles. The molecule has 160 valence electrons. The van der Waals surface area contributed by atoms with E-state index < -0.39 is 4.92 Å². The number of aromatic nitrogens is 2. The zero-order chi connectivity index (χ0) is 22.3. The van der Waals surface area contributed by atoms with Gasteiger partial charge in [0.2, 0.25) is 5.82 Å². The Kier molecular flexibility index (Phi) is 6.36. The van der Waals surface area contributed by atoms with Crippen molar-refractivity contribution >= 4 is 11.5 Å². The molecule has 7 nitrogen and oxygen atoms in total. The van der Waals surface area contributed by atoms with Crippen LogP contribution < -0.4 is 10.1 Å². The summed E-state index contributed by atoms with van der Waals surface area (Å²) in [6.07, 6.45) is 2.15. The van der Waals surface area contributed by atoms with Crippen LogP contribution in [-0.4, -0.2) is 14.9 Å². The van der Waals surface area contributed by atoms with E-state index in [1.807, 2.05) is 72.8 Å². The van der Waals surface area contributed by atoms with E-state index >= 15 is 0 Å². The zero-order valence-electron chi connectivity index (χ0n) is 17.5. The second kappa shape index (κ2) is 9.70. The maximum Gasteiger partial charge on any atom is 0.373 e. The number of nitrogens with zero attached hydrogens (tertiary/aromatic N) is 3. The lowest BCUT2D eigenvalue weighted by Gasteiger charge is -2.20. The summed E-state index contributed by atoms with van der Waals surface area (Å²) in [4.78, 5) is 19.7. The van der Waals surface area contributed by atoms with Crippen molar-refractivity contribution in [1.29, 1.82) is 0 Å². The second-order valence-electron chi connectivity index (χ2n) is 7.13. The average Bonchev–Trinajstić information content (AvgIpc) is 2.84. The van der Waals surface area contributed by atoms with Gasteiger partial charge in [0.05, 0.1) is 11.0 Å². The van der Waals surface area contributed by atoms with E-state index in [1.54, 1.807) is 12.1 Å². The molecule has 1 heterocycles. The number of benzene rings is 3. The Hall–Kier alpha value is -4.26. The van der Waals surface area contributed by atoms with Crippen LogP contribution in [0.1, 0.15) is 29.7 Å². The van der Waals surface area contributed by atoms with Crippen LogP contribution in [0.2, 0.25) is 0 Å². The molecule has 0 spiro atoms. The largest absolute Gasteiger partial charge is 0.434 e. The van der Waals surface area contributed by atoms with E-state index in [1.165, 1.54) is 6.33 Å². The van der Waals surface area contributed by atoms with Crippen LogP contribution in [0.5, 0.6) is 11.6 Å². The molecule has 0 aliphatic heterocycles. The van der Waals surface area contributed by atoms with Crippen LogP contribution in [-0.2, 0) is 6.42 Å². The van der Waals surface area contributed by atoms with Gasteiger partial charge in [0, 0.05) is 0 Å². The van der Waals surface area contributed by atoms with Crippen molar-refractivity contribution in [2.75, 3.05) is 5.32 Å². The van der Waals surface area contributed by atoms with Gasteiger partial charge in [-0.05, 0) is 35.2 Å². The van der Waals surface area contributed by atoms with E-state index in [9.17, 15) is 10.1 Å². The summed E-state index contributed by atoms with van der Waals surface area (Å²) in [5.41, 5.74) is 2.72. The van der Waals surface area contributed by atoms with Gasteiger partial charge in [0.1, 0.15) is 12.1 Å². The standard InChI is InChI=1S/C25H22N4O3/c1-2-18-13-15-21(16-14-18)32-25-23(29(30)31)24(26-17-27-25)28-22(19-9-5-3-6-10-19)20-11-7-4-8-12-20/h3-17,22H,2H2,1H3,(H,26,27,28). The third-order valence-electron chi connectivity index (χ3n) is 5.06. The van der Waals surface area contributed by atoms with Gasteiger partial charge in [-0.2, -0.15) is 4.98 Å². The zero-order valence-corrected chi connectivity index (χ0v) is 17.5. The number of aryl methyl sites for hydroxylation is 1. The Morgan fingerprint density at radius 3 is 2.03 bits per heavy atom. The lowest BCUT2D eigenvalue weighted by molar-refractivity contribution is -0.385. The number of nitrogens with one attached hydrogen (secondary N) is 1. The third kappa shape index (κ3) is 4.73. The van der Waals surface area contributed by atoms with Crippen molar-refractivity contribution in [2.24, 2.45) is 0 Å². The van der Waals surface area contributed by atoms with Crippen LogP contribution in [0.4, 0.5) is 11.5 Å². The summed E-state index contributed by atoms with van der Waals surface area (Å²) in [6.45, 7) is 2.05. The van der Waals surface area contributed by atoms with Crippen molar-refractivity contribution in [3.8, 4) is 11.6 Å². The van der Waals surface area contributed by atoms with Gasteiger partial charge in [-0.25, -0.2) is 4.98 Å². The molecular weight excluding hydrogens is 404 g/mol. The molecule has 0 bridgehead atoms. The Labute approximate surface area is 185 Å². The first-order valence-electron chi connectivity index (χ1n) is 10.3. The monoisotopic (exact) mass is 426 g/mol. The summed E-state index contributed by atoms with van der Waals surface area (Å²) in [7, 11) is 0. The number of nitro groups is 1. The van der Waals surface area contributed by atoms with Crippen LogP contribution in [0.15, 0.2) is 91.3 Å². The molecule has 4 aromatic rings. The molecule has 0 unspecified atom stereocenters.